The highest BCUT2D eigenvalue weighted by molar-refractivity contribution is 5.71. The van der Waals surface area contributed by atoms with Crippen molar-refractivity contribution in [2.45, 2.75) is 102 Å². The standard InChI is InChI=1S/C37H54O10/c1-3-5-7-9-11-13-14-15-16-18-20-22-24-26-33(40)46-30(29-45-37-36(43)35(42)34(41)31(27-38)47-37)28-44-32(39)25-23-21-19-17-12-10-8-6-4-2/h5-9,11-18,20-21,23,30-31,34-38,41-43H,3-4,10,19,22,24-29H2,1-2H3/b7-5+,8-6+,11-9+,14-13+,16-15+,17-12+,20-18+,23-21+/t30?,31-,34+,35?,36?,37-/m1/s1. The smallest absolute Gasteiger partial charge is 0.309 e. The molecule has 0 amide bonds. The quantitative estimate of drug-likeness (QED) is 0.0518. The summed E-state index contributed by atoms with van der Waals surface area (Å²) in [7, 11) is 0. The average molecular weight is 659 g/mol. The summed E-state index contributed by atoms with van der Waals surface area (Å²) >= 11 is 0. The minimum atomic E-state index is -1.62. The summed E-state index contributed by atoms with van der Waals surface area (Å²) in [6.07, 6.45) is 27.7. The van der Waals surface area contributed by atoms with Crippen LogP contribution >= 0.6 is 0 Å². The van der Waals surface area contributed by atoms with Crippen LogP contribution in [0.2, 0.25) is 0 Å². The van der Waals surface area contributed by atoms with Gasteiger partial charge in [0.25, 0.3) is 0 Å². The Hall–Kier alpha value is -3.38. The Morgan fingerprint density at radius 3 is 1.94 bits per heavy atom. The van der Waals surface area contributed by atoms with Gasteiger partial charge < -0.3 is 39.4 Å². The van der Waals surface area contributed by atoms with Gasteiger partial charge in [-0.1, -0.05) is 111 Å². The molecule has 1 rings (SSSR count). The molecule has 3 unspecified atom stereocenters. The molecule has 1 saturated heterocycles. The number of esters is 2. The van der Waals surface area contributed by atoms with Crippen LogP contribution in [0.15, 0.2) is 97.2 Å². The van der Waals surface area contributed by atoms with Gasteiger partial charge in [0.1, 0.15) is 31.0 Å². The highest BCUT2D eigenvalue weighted by Gasteiger charge is 2.44. The first-order valence-electron chi connectivity index (χ1n) is 16.4. The maximum absolute atomic E-state index is 12.6. The lowest BCUT2D eigenvalue weighted by Crippen LogP contribution is -2.59. The summed E-state index contributed by atoms with van der Waals surface area (Å²) in [5.41, 5.74) is 0. The van der Waals surface area contributed by atoms with Crippen LogP contribution in [0.5, 0.6) is 0 Å². The fraction of sp³-hybridized carbons (Fsp3) is 0.514. The van der Waals surface area contributed by atoms with Crippen molar-refractivity contribution < 1.29 is 49.0 Å². The lowest BCUT2D eigenvalue weighted by atomic mass is 9.99. The third-order valence-corrected chi connectivity index (χ3v) is 6.63. The highest BCUT2D eigenvalue weighted by atomic mass is 16.7. The van der Waals surface area contributed by atoms with Crippen LogP contribution in [0.3, 0.4) is 0 Å². The molecular weight excluding hydrogens is 604 g/mol. The van der Waals surface area contributed by atoms with Crippen molar-refractivity contribution in [3.8, 4) is 0 Å². The molecule has 1 aliphatic rings. The first kappa shape index (κ1) is 41.6. The Labute approximate surface area is 279 Å². The van der Waals surface area contributed by atoms with E-state index in [2.05, 4.69) is 32.1 Å². The van der Waals surface area contributed by atoms with Gasteiger partial charge in [-0.3, -0.25) is 9.59 Å². The zero-order valence-electron chi connectivity index (χ0n) is 27.7. The second-order valence-electron chi connectivity index (χ2n) is 10.6. The molecular formula is C37H54O10. The van der Waals surface area contributed by atoms with Crippen molar-refractivity contribution >= 4 is 11.9 Å². The molecule has 0 saturated carbocycles. The molecule has 0 aromatic rings. The van der Waals surface area contributed by atoms with Crippen molar-refractivity contribution in [3.05, 3.63) is 97.2 Å². The lowest BCUT2D eigenvalue weighted by molar-refractivity contribution is -0.305. The Balaban J connectivity index is 2.60. The van der Waals surface area contributed by atoms with Crippen LogP contribution in [0.4, 0.5) is 0 Å². The first-order valence-corrected chi connectivity index (χ1v) is 16.4. The number of hydrogen-bond donors (Lipinski definition) is 4. The van der Waals surface area contributed by atoms with Crippen molar-refractivity contribution in [3.63, 3.8) is 0 Å². The highest BCUT2D eigenvalue weighted by Crippen LogP contribution is 2.22. The van der Waals surface area contributed by atoms with Crippen molar-refractivity contribution in [2.24, 2.45) is 0 Å². The molecule has 0 aromatic carbocycles. The van der Waals surface area contributed by atoms with Gasteiger partial charge in [0, 0.05) is 6.42 Å². The minimum Gasteiger partial charge on any atom is -0.461 e. The SMILES string of the molecule is CC/C=C/C=C/C=C/C=C/C=C/CCCC(=O)OC(COC(=O)C/C=C/C/C=C/C/C=C/CC)CO[C@@H]1O[C@H](CO)[C@H](O)C(O)C1O. The van der Waals surface area contributed by atoms with E-state index >= 15 is 0 Å². The van der Waals surface area contributed by atoms with E-state index in [1.165, 1.54) is 0 Å². The Morgan fingerprint density at radius 2 is 1.30 bits per heavy atom. The molecule has 262 valence electrons. The molecule has 10 heteroatoms. The molecule has 6 atom stereocenters. The number of carbonyl (C=O) groups excluding carboxylic acids is 2. The number of carbonyl (C=O) groups is 2. The topological polar surface area (TPSA) is 152 Å². The van der Waals surface area contributed by atoms with Crippen molar-refractivity contribution in [2.75, 3.05) is 19.8 Å². The Morgan fingerprint density at radius 1 is 0.702 bits per heavy atom. The van der Waals surface area contributed by atoms with Crippen LogP contribution in [0, 0.1) is 0 Å². The predicted octanol–water partition coefficient (Wildman–Crippen LogP) is 4.87. The van der Waals surface area contributed by atoms with E-state index in [0.29, 0.717) is 19.3 Å². The maximum atomic E-state index is 12.6. The largest absolute Gasteiger partial charge is 0.461 e. The van der Waals surface area contributed by atoms with Gasteiger partial charge in [-0.2, -0.15) is 0 Å². The summed E-state index contributed by atoms with van der Waals surface area (Å²) in [6, 6.07) is 0. The van der Waals surface area contributed by atoms with E-state index < -0.39 is 55.4 Å². The minimum absolute atomic E-state index is 0.0292. The normalized spacial score (nSPS) is 23.2. The number of hydrogen-bond acceptors (Lipinski definition) is 10. The summed E-state index contributed by atoms with van der Waals surface area (Å²) in [4.78, 5) is 24.9. The van der Waals surface area contributed by atoms with E-state index in [4.69, 9.17) is 18.9 Å². The van der Waals surface area contributed by atoms with Gasteiger partial charge in [0.2, 0.25) is 0 Å². The molecule has 47 heavy (non-hydrogen) atoms. The molecule has 4 N–H and O–H groups in total. The van der Waals surface area contributed by atoms with Crippen molar-refractivity contribution in [1.29, 1.82) is 0 Å². The molecule has 0 aliphatic carbocycles. The van der Waals surface area contributed by atoms with Crippen molar-refractivity contribution in [1.82, 2.24) is 0 Å². The van der Waals surface area contributed by atoms with Gasteiger partial charge in [-0.05, 0) is 38.5 Å². The summed E-state index contributed by atoms with van der Waals surface area (Å²) < 4.78 is 21.7. The fourth-order valence-corrected chi connectivity index (χ4v) is 4.04. The number of aliphatic hydroxyl groups excluding tert-OH is 4. The zero-order valence-corrected chi connectivity index (χ0v) is 27.7. The molecule has 0 radical (unpaired) electrons. The summed E-state index contributed by atoms with van der Waals surface area (Å²) in [6.45, 7) is 2.90. The molecule has 10 nitrogen and oxygen atoms in total. The maximum Gasteiger partial charge on any atom is 0.309 e. The number of ether oxygens (including phenoxy) is 4. The molecule has 0 aromatic heterocycles. The van der Waals surface area contributed by atoms with E-state index in [1.54, 1.807) is 6.08 Å². The lowest BCUT2D eigenvalue weighted by Gasteiger charge is -2.39. The average Bonchev–Trinajstić information content (AvgIpc) is 3.06. The zero-order chi connectivity index (χ0) is 34.5. The predicted molar refractivity (Wildman–Crippen MR) is 182 cm³/mol. The van der Waals surface area contributed by atoms with Crippen LogP contribution < -0.4 is 0 Å². The van der Waals surface area contributed by atoms with Crippen LogP contribution in [-0.2, 0) is 28.5 Å². The second-order valence-corrected chi connectivity index (χ2v) is 10.6. The van der Waals surface area contributed by atoms with E-state index in [-0.39, 0.29) is 26.1 Å². The van der Waals surface area contributed by atoms with Gasteiger partial charge in [0.05, 0.1) is 19.6 Å². The van der Waals surface area contributed by atoms with E-state index in [9.17, 15) is 30.0 Å². The monoisotopic (exact) mass is 658 g/mol. The molecule has 0 spiro atoms. The van der Waals surface area contributed by atoms with E-state index in [1.807, 2.05) is 72.9 Å². The third kappa shape index (κ3) is 20.5. The Bertz CT molecular complexity index is 1080. The number of aliphatic hydroxyl groups is 4. The summed E-state index contributed by atoms with van der Waals surface area (Å²) in [5, 5.41) is 39.7. The number of allylic oxidation sites excluding steroid dienone is 15. The second kappa shape index (κ2) is 27.7. The first-order chi connectivity index (χ1) is 22.8. The van der Waals surface area contributed by atoms with Crippen LogP contribution in [0.25, 0.3) is 0 Å². The fourth-order valence-electron chi connectivity index (χ4n) is 4.04. The third-order valence-electron chi connectivity index (χ3n) is 6.63. The number of rotatable bonds is 23. The van der Waals surface area contributed by atoms with Gasteiger partial charge >= 0.3 is 11.9 Å². The molecule has 1 aliphatic heterocycles. The number of unbranched alkanes of at least 4 members (excludes halogenated alkanes) is 1. The van der Waals surface area contributed by atoms with Gasteiger partial charge in [0.15, 0.2) is 12.4 Å². The molecule has 0 bridgehead atoms. The summed E-state index contributed by atoms with van der Waals surface area (Å²) in [5.74, 6) is -1.05. The molecule has 1 heterocycles. The Kier molecular flexibility index (Phi) is 24.5. The van der Waals surface area contributed by atoms with Gasteiger partial charge in [-0.25, -0.2) is 0 Å². The van der Waals surface area contributed by atoms with E-state index in [0.717, 1.165) is 19.3 Å². The molecule has 1 fully saturated rings. The van der Waals surface area contributed by atoms with Crippen LogP contribution in [-0.4, -0.2) is 89.0 Å². The van der Waals surface area contributed by atoms with Gasteiger partial charge in [-0.15, -0.1) is 0 Å². The van der Waals surface area contributed by atoms with Crippen LogP contribution in [0.1, 0.15) is 65.2 Å².